The Morgan fingerprint density at radius 2 is 1.90 bits per heavy atom. The molecule has 0 unspecified atom stereocenters. The second-order valence-electron chi connectivity index (χ2n) is 5.49. The van der Waals surface area contributed by atoms with Crippen LogP contribution >= 0.6 is 11.3 Å². The van der Waals surface area contributed by atoms with Crippen molar-refractivity contribution in [2.75, 3.05) is 5.32 Å². The summed E-state index contributed by atoms with van der Waals surface area (Å²) in [6.45, 7) is 0. The Morgan fingerprint density at radius 1 is 1.14 bits per heavy atom. The van der Waals surface area contributed by atoms with Gasteiger partial charge in [-0.25, -0.2) is 0 Å². The van der Waals surface area contributed by atoms with Gasteiger partial charge in [-0.05, 0) is 18.4 Å². The van der Waals surface area contributed by atoms with E-state index in [1.54, 1.807) is 0 Å². The molecule has 0 bridgehead atoms. The zero-order chi connectivity index (χ0) is 14.5. The molecule has 1 aromatic heterocycles. The lowest BCUT2D eigenvalue weighted by atomic mass is 9.90. The van der Waals surface area contributed by atoms with Gasteiger partial charge in [0.05, 0.1) is 6.42 Å². The number of benzene rings is 1. The van der Waals surface area contributed by atoms with Gasteiger partial charge in [-0.1, -0.05) is 60.9 Å². The zero-order valence-corrected chi connectivity index (χ0v) is 12.7. The molecule has 1 saturated carbocycles. The number of nitrogens with one attached hydrogen (secondary N) is 1. The predicted octanol–water partition coefficient (Wildman–Crippen LogP) is 3.77. The van der Waals surface area contributed by atoms with E-state index in [9.17, 15) is 4.79 Å². The molecule has 5 heteroatoms. The minimum absolute atomic E-state index is 0.0347. The molecule has 4 nitrogen and oxygen atoms in total. The highest BCUT2D eigenvalue weighted by Crippen LogP contribution is 2.35. The van der Waals surface area contributed by atoms with Gasteiger partial charge in [-0.2, -0.15) is 0 Å². The summed E-state index contributed by atoms with van der Waals surface area (Å²) in [5, 5.41) is 12.9. The highest BCUT2D eigenvalue weighted by atomic mass is 32.1. The van der Waals surface area contributed by atoms with Gasteiger partial charge >= 0.3 is 0 Å². The monoisotopic (exact) mass is 301 g/mol. The van der Waals surface area contributed by atoms with Crippen LogP contribution in [0.2, 0.25) is 0 Å². The van der Waals surface area contributed by atoms with Crippen LogP contribution in [0.15, 0.2) is 30.3 Å². The predicted molar refractivity (Wildman–Crippen MR) is 84.5 cm³/mol. The minimum Gasteiger partial charge on any atom is -0.300 e. The van der Waals surface area contributed by atoms with Crippen molar-refractivity contribution in [2.45, 2.75) is 44.4 Å². The van der Waals surface area contributed by atoms with Crippen molar-refractivity contribution in [3.05, 3.63) is 40.9 Å². The average Bonchev–Trinajstić information content (AvgIpc) is 2.97. The number of rotatable bonds is 4. The molecule has 3 rings (SSSR count). The summed E-state index contributed by atoms with van der Waals surface area (Å²) in [4.78, 5) is 12.0. The van der Waals surface area contributed by atoms with Crippen LogP contribution in [-0.2, 0) is 11.2 Å². The minimum atomic E-state index is -0.0347. The van der Waals surface area contributed by atoms with Crippen molar-refractivity contribution in [3.63, 3.8) is 0 Å². The maximum atomic E-state index is 12.0. The molecule has 1 fully saturated rings. The van der Waals surface area contributed by atoms with Gasteiger partial charge in [0.1, 0.15) is 5.01 Å². The zero-order valence-electron chi connectivity index (χ0n) is 11.9. The number of aromatic nitrogens is 2. The van der Waals surface area contributed by atoms with Crippen LogP contribution < -0.4 is 5.32 Å². The number of carbonyl (C=O) groups is 1. The summed E-state index contributed by atoms with van der Waals surface area (Å²) < 4.78 is 0. The quantitative estimate of drug-likeness (QED) is 0.935. The van der Waals surface area contributed by atoms with Crippen LogP contribution in [-0.4, -0.2) is 16.1 Å². The summed E-state index contributed by atoms with van der Waals surface area (Å²) in [6.07, 6.45) is 6.66. The summed E-state index contributed by atoms with van der Waals surface area (Å²) in [7, 11) is 0. The van der Waals surface area contributed by atoms with E-state index >= 15 is 0 Å². The molecular weight excluding hydrogens is 282 g/mol. The maximum absolute atomic E-state index is 12.0. The Morgan fingerprint density at radius 3 is 2.67 bits per heavy atom. The van der Waals surface area contributed by atoms with Crippen LogP contribution in [0.25, 0.3) is 0 Å². The summed E-state index contributed by atoms with van der Waals surface area (Å²) in [6, 6.07) is 9.73. The fraction of sp³-hybridized carbons (Fsp3) is 0.438. The van der Waals surface area contributed by atoms with Crippen LogP contribution in [0.4, 0.5) is 5.13 Å². The van der Waals surface area contributed by atoms with E-state index in [4.69, 9.17) is 0 Å². The van der Waals surface area contributed by atoms with Gasteiger partial charge in [0.2, 0.25) is 11.0 Å². The molecule has 1 amide bonds. The number of hydrogen-bond acceptors (Lipinski definition) is 4. The number of hydrogen-bond donors (Lipinski definition) is 1. The first kappa shape index (κ1) is 14.2. The van der Waals surface area contributed by atoms with E-state index in [2.05, 4.69) is 15.5 Å². The Kier molecular flexibility index (Phi) is 4.60. The average molecular weight is 301 g/mol. The van der Waals surface area contributed by atoms with Gasteiger partial charge in [-0.15, -0.1) is 10.2 Å². The molecule has 1 aliphatic carbocycles. The van der Waals surface area contributed by atoms with Gasteiger partial charge < -0.3 is 5.32 Å². The largest absolute Gasteiger partial charge is 0.300 e. The number of amides is 1. The molecule has 110 valence electrons. The topological polar surface area (TPSA) is 54.9 Å². The van der Waals surface area contributed by atoms with Crippen molar-refractivity contribution in [2.24, 2.45) is 0 Å². The highest BCUT2D eigenvalue weighted by molar-refractivity contribution is 7.15. The molecule has 1 N–H and O–H groups in total. The van der Waals surface area contributed by atoms with Crippen LogP contribution in [0, 0.1) is 0 Å². The molecule has 1 aliphatic rings. The SMILES string of the molecule is O=C(Cc1ccccc1)Nc1nnc(C2CCCCC2)s1. The van der Waals surface area contributed by atoms with Crippen molar-refractivity contribution in [1.29, 1.82) is 0 Å². The van der Waals surface area contributed by atoms with E-state index in [0.29, 0.717) is 17.5 Å². The normalized spacial score (nSPS) is 15.8. The van der Waals surface area contributed by atoms with Crippen LogP contribution in [0.5, 0.6) is 0 Å². The molecule has 0 aliphatic heterocycles. The van der Waals surface area contributed by atoms with Gasteiger partial charge in [0.25, 0.3) is 0 Å². The molecule has 1 heterocycles. The van der Waals surface area contributed by atoms with Gasteiger partial charge in [-0.3, -0.25) is 4.79 Å². The molecule has 1 aromatic carbocycles. The first-order chi connectivity index (χ1) is 10.3. The van der Waals surface area contributed by atoms with Crippen molar-refractivity contribution >= 4 is 22.4 Å². The third kappa shape index (κ3) is 3.88. The molecule has 0 saturated heterocycles. The standard InChI is InChI=1S/C16H19N3OS/c20-14(11-12-7-3-1-4-8-12)17-16-19-18-15(21-16)13-9-5-2-6-10-13/h1,3-4,7-8,13H,2,5-6,9-11H2,(H,17,19,20). The molecule has 0 atom stereocenters. The molecule has 21 heavy (non-hydrogen) atoms. The third-order valence-electron chi connectivity index (χ3n) is 3.85. The fourth-order valence-electron chi connectivity index (χ4n) is 2.74. The maximum Gasteiger partial charge on any atom is 0.230 e. The Hall–Kier alpha value is -1.75. The Balaban J connectivity index is 1.57. The van der Waals surface area contributed by atoms with Crippen LogP contribution in [0.3, 0.4) is 0 Å². The number of carbonyl (C=O) groups excluding carboxylic acids is 1. The fourth-order valence-corrected chi connectivity index (χ4v) is 3.67. The third-order valence-corrected chi connectivity index (χ3v) is 4.85. The lowest BCUT2D eigenvalue weighted by Crippen LogP contribution is -2.14. The van der Waals surface area contributed by atoms with E-state index < -0.39 is 0 Å². The summed E-state index contributed by atoms with van der Waals surface area (Å²) in [5.74, 6) is 0.503. The number of anilines is 1. The molecule has 0 spiro atoms. The van der Waals surface area contributed by atoms with Crippen molar-refractivity contribution in [1.82, 2.24) is 10.2 Å². The Labute approximate surface area is 128 Å². The smallest absolute Gasteiger partial charge is 0.230 e. The van der Waals surface area contributed by atoms with E-state index in [1.807, 2.05) is 30.3 Å². The lowest BCUT2D eigenvalue weighted by molar-refractivity contribution is -0.115. The molecule has 2 aromatic rings. The van der Waals surface area contributed by atoms with Crippen molar-refractivity contribution < 1.29 is 4.79 Å². The first-order valence-electron chi connectivity index (χ1n) is 7.48. The Bertz CT molecular complexity index is 591. The van der Waals surface area contributed by atoms with E-state index in [0.717, 1.165) is 10.6 Å². The first-order valence-corrected chi connectivity index (χ1v) is 8.30. The van der Waals surface area contributed by atoms with Crippen LogP contribution in [0.1, 0.15) is 48.6 Å². The summed E-state index contributed by atoms with van der Waals surface area (Å²) >= 11 is 1.52. The van der Waals surface area contributed by atoms with Gasteiger partial charge in [0, 0.05) is 5.92 Å². The lowest BCUT2D eigenvalue weighted by Gasteiger charge is -2.18. The second kappa shape index (κ2) is 6.80. The van der Waals surface area contributed by atoms with Crippen molar-refractivity contribution in [3.8, 4) is 0 Å². The molecule has 0 radical (unpaired) electrons. The van der Waals surface area contributed by atoms with E-state index in [1.165, 1.54) is 43.4 Å². The van der Waals surface area contributed by atoms with Gasteiger partial charge in [0.15, 0.2) is 0 Å². The number of nitrogens with zero attached hydrogens (tertiary/aromatic N) is 2. The second-order valence-corrected chi connectivity index (χ2v) is 6.50. The molecular formula is C16H19N3OS. The van der Waals surface area contributed by atoms with E-state index in [-0.39, 0.29) is 5.91 Å². The summed E-state index contributed by atoms with van der Waals surface area (Å²) in [5.41, 5.74) is 1.01. The highest BCUT2D eigenvalue weighted by Gasteiger charge is 2.20.